The lowest BCUT2D eigenvalue weighted by molar-refractivity contribution is 0.251. The second kappa shape index (κ2) is 9.81. The number of para-hydroxylation sites is 1. The van der Waals surface area contributed by atoms with Gasteiger partial charge in [-0.3, -0.25) is 9.89 Å². The number of hydrogen-bond donors (Lipinski definition) is 1. The zero-order valence-electron chi connectivity index (χ0n) is 16.5. The average Bonchev–Trinajstić information content (AvgIpc) is 2.69. The molecule has 144 valence electrons. The van der Waals surface area contributed by atoms with Gasteiger partial charge in [0.1, 0.15) is 0 Å². The van der Waals surface area contributed by atoms with Gasteiger partial charge in [0.25, 0.3) is 0 Å². The highest BCUT2D eigenvalue weighted by Gasteiger charge is 2.19. The number of aliphatic imine (C=N–C) groups is 1. The molecule has 0 bridgehead atoms. The molecule has 2 saturated heterocycles. The third-order valence-electron chi connectivity index (χ3n) is 5.60. The van der Waals surface area contributed by atoms with Crippen molar-refractivity contribution in [1.29, 1.82) is 0 Å². The van der Waals surface area contributed by atoms with E-state index in [4.69, 9.17) is 0 Å². The van der Waals surface area contributed by atoms with Crippen LogP contribution >= 0.6 is 0 Å². The highest BCUT2D eigenvalue weighted by Crippen LogP contribution is 2.16. The first-order valence-corrected chi connectivity index (χ1v) is 10.2. The summed E-state index contributed by atoms with van der Waals surface area (Å²) in [6, 6.07) is 10.8. The van der Waals surface area contributed by atoms with Gasteiger partial charge in [0.15, 0.2) is 5.96 Å². The van der Waals surface area contributed by atoms with E-state index in [0.717, 1.165) is 57.7 Å². The van der Waals surface area contributed by atoms with E-state index in [2.05, 4.69) is 62.3 Å². The molecule has 1 atom stereocenters. The zero-order valence-corrected chi connectivity index (χ0v) is 16.5. The predicted octanol–water partition coefficient (Wildman–Crippen LogP) is 2.51. The largest absolute Gasteiger partial charge is 0.369 e. The summed E-state index contributed by atoms with van der Waals surface area (Å²) in [6.45, 7) is 11.4. The maximum absolute atomic E-state index is 4.49. The smallest absolute Gasteiger partial charge is 0.193 e. The van der Waals surface area contributed by atoms with E-state index in [9.17, 15) is 0 Å². The predicted molar refractivity (Wildman–Crippen MR) is 111 cm³/mol. The summed E-state index contributed by atoms with van der Waals surface area (Å²) in [7, 11) is 1.91. The number of benzene rings is 1. The van der Waals surface area contributed by atoms with E-state index in [0.29, 0.717) is 0 Å². The van der Waals surface area contributed by atoms with Gasteiger partial charge in [-0.05, 0) is 43.9 Å². The zero-order chi connectivity index (χ0) is 18.2. The van der Waals surface area contributed by atoms with Crippen LogP contribution in [0.1, 0.15) is 26.2 Å². The van der Waals surface area contributed by atoms with Crippen molar-refractivity contribution in [2.45, 2.75) is 26.2 Å². The number of hydrogen-bond acceptors (Lipinski definition) is 3. The molecule has 2 aliphatic rings. The van der Waals surface area contributed by atoms with Crippen molar-refractivity contribution in [2.75, 3.05) is 64.3 Å². The number of nitrogens with one attached hydrogen (secondary N) is 1. The van der Waals surface area contributed by atoms with Crippen LogP contribution in [-0.4, -0.2) is 75.2 Å². The highest BCUT2D eigenvalue weighted by atomic mass is 15.3. The fourth-order valence-electron chi connectivity index (χ4n) is 4.09. The maximum atomic E-state index is 4.49. The first-order chi connectivity index (χ1) is 12.8. The Labute approximate surface area is 159 Å². The molecule has 0 saturated carbocycles. The normalized spacial score (nSPS) is 22.5. The van der Waals surface area contributed by atoms with E-state index in [1.807, 2.05) is 7.05 Å². The third-order valence-corrected chi connectivity index (χ3v) is 5.60. The van der Waals surface area contributed by atoms with Crippen molar-refractivity contribution in [1.82, 2.24) is 15.1 Å². The van der Waals surface area contributed by atoms with E-state index in [-0.39, 0.29) is 0 Å². The molecule has 2 heterocycles. The Morgan fingerprint density at radius 3 is 2.58 bits per heavy atom. The Kier molecular flexibility index (Phi) is 7.18. The lowest BCUT2D eigenvalue weighted by Crippen LogP contribution is -2.48. The summed E-state index contributed by atoms with van der Waals surface area (Å²) in [4.78, 5) is 12.0. The molecule has 1 unspecified atom stereocenters. The van der Waals surface area contributed by atoms with Crippen LogP contribution in [0, 0.1) is 5.92 Å². The minimum atomic E-state index is 0.781. The molecule has 0 spiro atoms. The van der Waals surface area contributed by atoms with Crippen LogP contribution in [0.5, 0.6) is 0 Å². The molecule has 0 aromatic heterocycles. The number of anilines is 1. The quantitative estimate of drug-likeness (QED) is 0.499. The fourth-order valence-corrected chi connectivity index (χ4v) is 4.09. The molecule has 2 aliphatic heterocycles. The van der Waals surface area contributed by atoms with Gasteiger partial charge in [0.2, 0.25) is 0 Å². The van der Waals surface area contributed by atoms with E-state index in [1.54, 1.807) is 0 Å². The Bertz CT molecular complexity index is 551. The fraction of sp³-hybridized carbons (Fsp3) is 0.667. The van der Waals surface area contributed by atoms with Crippen molar-refractivity contribution in [3.8, 4) is 0 Å². The number of piperazine rings is 1. The van der Waals surface area contributed by atoms with Crippen LogP contribution in [0.2, 0.25) is 0 Å². The Balaban J connectivity index is 1.33. The molecule has 5 heteroatoms. The molecule has 0 amide bonds. The van der Waals surface area contributed by atoms with Crippen LogP contribution in [-0.2, 0) is 0 Å². The lowest BCUT2D eigenvalue weighted by Gasteiger charge is -2.36. The number of rotatable bonds is 5. The molecule has 26 heavy (non-hydrogen) atoms. The average molecular weight is 358 g/mol. The lowest BCUT2D eigenvalue weighted by atomic mass is 10.0. The SMILES string of the molecule is CN=C(NCCCN1CCN(c2ccccc2)CC1)N1CCCC(C)C1. The highest BCUT2D eigenvalue weighted by molar-refractivity contribution is 5.79. The number of piperidine rings is 1. The second-order valence-electron chi connectivity index (χ2n) is 7.69. The molecule has 1 aromatic carbocycles. The summed E-state index contributed by atoms with van der Waals surface area (Å²) in [5.74, 6) is 1.87. The van der Waals surface area contributed by atoms with E-state index < -0.39 is 0 Å². The molecular formula is C21H35N5. The summed E-state index contributed by atoms with van der Waals surface area (Å²) in [5, 5.41) is 3.57. The summed E-state index contributed by atoms with van der Waals surface area (Å²) < 4.78 is 0. The number of nitrogens with zero attached hydrogens (tertiary/aromatic N) is 4. The number of guanidine groups is 1. The minimum Gasteiger partial charge on any atom is -0.369 e. The first-order valence-electron chi connectivity index (χ1n) is 10.2. The maximum Gasteiger partial charge on any atom is 0.193 e. The monoisotopic (exact) mass is 357 g/mol. The van der Waals surface area contributed by atoms with Crippen LogP contribution in [0.25, 0.3) is 0 Å². The van der Waals surface area contributed by atoms with Crippen LogP contribution in [0.4, 0.5) is 5.69 Å². The summed E-state index contributed by atoms with van der Waals surface area (Å²) in [6.07, 6.45) is 3.81. The van der Waals surface area contributed by atoms with Gasteiger partial charge in [0.05, 0.1) is 0 Å². The van der Waals surface area contributed by atoms with Gasteiger partial charge in [0, 0.05) is 58.5 Å². The van der Waals surface area contributed by atoms with E-state index in [1.165, 1.54) is 31.5 Å². The Morgan fingerprint density at radius 2 is 1.88 bits per heavy atom. The molecule has 2 fully saturated rings. The van der Waals surface area contributed by atoms with Crippen LogP contribution in [0.15, 0.2) is 35.3 Å². The van der Waals surface area contributed by atoms with Gasteiger partial charge >= 0.3 is 0 Å². The molecular weight excluding hydrogens is 322 g/mol. The van der Waals surface area contributed by atoms with Crippen molar-refractivity contribution >= 4 is 11.6 Å². The van der Waals surface area contributed by atoms with Crippen molar-refractivity contribution in [3.63, 3.8) is 0 Å². The molecule has 0 radical (unpaired) electrons. The summed E-state index contributed by atoms with van der Waals surface area (Å²) in [5.41, 5.74) is 1.35. The molecule has 1 N–H and O–H groups in total. The second-order valence-corrected chi connectivity index (χ2v) is 7.69. The van der Waals surface area contributed by atoms with Crippen LogP contribution in [0.3, 0.4) is 0 Å². The minimum absolute atomic E-state index is 0.781. The first kappa shape index (κ1) is 19.0. The van der Waals surface area contributed by atoms with Gasteiger partial charge < -0.3 is 15.1 Å². The molecule has 5 nitrogen and oxygen atoms in total. The van der Waals surface area contributed by atoms with Crippen molar-refractivity contribution in [2.24, 2.45) is 10.9 Å². The third kappa shape index (κ3) is 5.37. The Morgan fingerprint density at radius 1 is 1.12 bits per heavy atom. The van der Waals surface area contributed by atoms with Crippen molar-refractivity contribution in [3.05, 3.63) is 30.3 Å². The van der Waals surface area contributed by atoms with Crippen molar-refractivity contribution < 1.29 is 0 Å². The van der Waals surface area contributed by atoms with Gasteiger partial charge in [-0.2, -0.15) is 0 Å². The molecule has 1 aromatic rings. The summed E-state index contributed by atoms with van der Waals surface area (Å²) >= 11 is 0. The standard InChI is InChI=1S/C21H35N5/c1-19-8-6-13-26(18-19)21(22-2)23-11-7-12-24-14-16-25(17-15-24)20-9-4-3-5-10-20/h3-5,9-10,19H,6-8,11-18H2,1-2H3,(H,22,23). The van der Waals surface area contributed by atoms with E-state index >= 15 is 0 Å². The van der Waals surface area contributed by atoms with Crippen LogP contribution < -0.4 is 10.2 Å². The van der Waals surface area contributed by atoms with Gasteiger partial charge in [-0.15, -0.1) is 0 Å². The molecule has 0 aliphatic carbocycles. The number of likely N-dealkylation sites (tertiary alicyclic amines) is 1. The van der Waals surface area contributed by atoms with Gasteiger partial charge in [-0.25, -0.2) is 0 Å². The Hall–Kier alpha value is -1.75. The topological polar surface area (TPSA) is 34.1 Å². The molecule has 3 rings (SSSR count). The van der Waals surface area contributed by atoms with Gasteiger partial charge in [-0.1, -0.05) is 25.1 Å².